The number of carbonyl (C=O) groups is 1. The van der Waals surface area contributed by atoms with Crippen molar-refractivity contribution in [1.29, 1.82) is 0 Å². The number of thioether (sulfide) groups is 1. The second-order valence-corrected chi connectivity index (χ2v) is 7.91. The van der Waals surface area contributed by atoms with E-state index in [4.69, 9.17) is 4.74 Å². The first kappa shape index (κ1) is 18.1. The number of benzene rings is 1. The van der Waals surface area contributed by atoms with Gasteiger partial charge in [0, 0.05) is 19.3 Å². The molecule has 2 aliphatic rings. The molecule has 0 N–H and O–H groups in total. The number of hydrogen-bond acceptors (Lipinski definition) is 6. The van der Waals surface area contributed by atoms with E-state index in [-0.39, 0.29) is 11.9 Å². The van der Waals surface area contributed by atoms with Gasteiger partial charge in [-0.05, 0) is 42.5 Å². The largest absolute Gasteiger partial charge is 0.442 e. The third-order valence-corrected chi connectivity index (χ3v) is 5.91. The maximum absolute atomic E-state index is 14.8. The summed E-state index contributed by atoms with van der Waals surface area (Å²) < 4.78 is 21.8. The minimum absolute atomic E-state index is 0.298. The molecule has 144 valence electrons. The number of nitrogens with zero attached hydrogens (tertiary/aromatic N) is 5. The Morgan fingerprint density at radius 2 is 2.07 bits per heavy atom. The van der Waals surface area contributed by atoms with E-state index >= 15 is 0 Å². The third kappa shape index (κ3) is 4.18. The summed E-state index contributed by atoms with van der Waals surface area (Å²) in [5.41, 5.74) is 1.13. The zero-order chi connectivity index (χ0) is 18.6. The molecule has 4 rings (SSSR count). The van der Waals surface area contributed by atoms with Crippen molar-refractivity contribution in [2.45, 2.75) is 25.5 Å². The Balaban J connectivity index is 1.46. The van der Waals surface area contributed by atoms with Crippen molar-refractivity contribution in [1.82, 2.24) is 15.0 Å². The lowest BCUT2D eigenvalue weighted by Crippen LogP contribution is -2.29. The number of amides is 1. The maximum atomic E-state index is 14.8. The van der Waals surface area contributed by atoms with Gasteiger partial charge in [0.1, 0.15) is 11.9 Å². The number of ether oxygens (including phenoxy) is 1. The van der Waals surface area contributed by atoms with Crippen molar-refractivity contribution in [2.75, 3.05) is 40.9 Å². The zero-order valence-electron chi connectivity index (χ0n) is 15.0. The van der Waals surface area contributed by atoms with Crippen molar-refractivity contribution in [3.05, 3.63) is 36.4 Å². The molecular formula is C18H22FN5O2S. The third-order valence-electron chi connectivity index (χ3n) is 4.75. The van der Waals surface area contributed by atoms with Gasteiger partial charge >= 0.3 is 6.09 Å². The molecule has 1 aromatic heterocycles. The highest BCUT2D eigenvalue weighted by Crippen LogP contribution is 2.29. The molecule has 0 radical (unpaired) electrons. The molecule has 9 heteroatoms. The molecule has 1 amide bonds. The Hall–Kier alpha value is -2.29. The summed E-state index contributed by atoms with van der Waals surface area (Å²) in [6.07, 6.45) is 4.59. The summed E-state index contributed by atoms with van der Waals surface area (Å²) in [5, 5.41) is 7.63. The Labute approximate surface area is 161 Å². The fourth-order valence-electron chi connectivity index (χ4n) is 3.46. The lowest BCUT2D eigenvalue weighted by Gasteiger charge is -2.27. The average molecular weight is 391 g/mol. The highest BCUT2D eigenvalue weighted by atomic mass is 32.2. The lowest BCUT2D eigenvalue weighted by molar-refractivity contribution is 0.129. The van der Waals surface area contributed by atoms with Gasteiger partial charge in [-0.2, -0.15) is 11.8 Å². The maximum Gasteiger partial charge on any atom is 0.414 e. The number of aromatic nitrogens is 3. The van der Waals surface area contributed by atoms with E-state index in [1.165, 1.54) is 11.0 Å². The van der Waals surface area contributed by atoms with Crippen molar-refractivity contribution >= 4 is 29.2 Å². The Morgan fingerprint density at radius 1 is 1.26 bits per heavy atom. The molecule has 3 heterocycles. The standard InChI is InChI=1S/C18H22FN5O2S/c19-16-11-14(3-4-17(16)22-6-1-9-27-10-2-7-22)24-13-15(26-18(24)25)12-23-8-5-20-21-23/h3-5,8,11,15H,1-2,6-7,9-10,12-13H2. The predicted molar refractivity (Wildman–Crippen MR) is 103 cm³/mol. The Kier molecular flexibility index (Phi) is 5.47. The zero-order valence-corrected chi connectivity index (χ0v) is 15.8. The van der Waals surface area contributed by atoms with Crippen LogP contribution in [0.15, 0.2) is 30.6 Å². The summed E-state index contributed by atoms with van der Waals surface area (Å²) >= 11 is 1.96. The lowest BCUT2D eigenvalue weighted by atomic mass is 10.2. The van der Waals surface area contributed by atoms with Crippen LogP contribution in [0.4, 0.5) is 20.6 Å². The summed E-state index contributed by atoms with van der Waals surface area (Å²) in [4.78, 5) is 15.8. The van der Waals surface area contributed by atoms with Gasteiger partial charge in [0.25, 0.3) is 0 Å². The molecule has 2 fully saturated rings. The van der Waals surface area contributed by atoms with Crippen molar-refractivity contribution in [3.63, 3.8) is 0 Å². The Bertz CT molecular complexity index is 780. The van der Waals surface area contributed by atoms with Gasteiger partial charge < -0.3 is 9.64 Å². The van der Waals surface area contributed by atoms with Crippen LogP contribution in [-0.4, -0.2) is 58.3 Å². The molecule has 1 atom stereocenters. The predicted octanol–water partition coefficient (Wildman–Crippen LogP) is 2.78. The fraction of sp³-hybridized carbons (Fsp3) is 0.500. The van der Waals surface area contributed by atoms with Crippen molar-refractivity contribution in [3.8, 4) is 0 Å². The van der Waals surface area contributed by atoms with Crippen LogP contribution in [0.1, 0.15) is 12.8 Å². The molecule has 2 saturated heterocycles. The van der Waals surface area contributed by atoms with Gasteiger partial charge in [-0.25, -0.2) is 13.9 Å². The molecule has 0 spiro atoms. The molecular weight excluding hydrogens is 369 g/mol. The van der Waals surface area contributed by atoms with Crippen LogP contribution in [0.3, 0.4) is 0 Å². The van der Waals surface area contributed by atoms with Gasteiger partial charge in [0.15, 0.2) is 0 Å². The average Bonchev–Trinajstić information content (AvgIpc) is 3.25. The summed E-state index contributed by atoms with van der Waals surface area (Å²) in [6.45, 7) is 2.50. The summed E-state index contributed by atoms with van der Waals surface area (Å²) in [6, 6.07) is 5.00. The van der Waals surface area contributed by atoms with Gasteiger partial charge in [-0.3, -0.25) is 4.90 Å². The first-order chi connectivity index (χ1) is 13.2. The smallest absolute Gasteiger partial charge is 0.414 e. The number of hydrogen-bond donors (Lipinski definition) is 0. The van der Waals surface area contributed by atoms with E-state index in [1.807, 2.05) is 11.8 Å². The molecule has 0 saturated carbocycles. The first-order valence-corrected chi connectivity index (χ1v) is 10.3. The number of carbonyl (C=O) groups excluding carboxylic acids is 1. The van der Waals surface area contributed by atoms with Crippen molar-refractivity contribution in [2.24, 2.45) is 0 Å². The van der Waals surface area contributed by atoms with E-state index in [2.05, 4.69) is 15.2 Å². The normalized spacial score (nSPS) is 21.1. The molecule has 2 aliphatic heterocycles. The summed E-state index contributed by atoms with van der Waals surface area (Å²) in [5.74, 6) is 1.93. The Morgan fingerprint density at radius 3 is 2.78 bits per heavy atom. The first-order valence-electron chi connectivity index (χ1n) is 9.15. The van der Waals surface area contributed by atoms with Crippen molar-refractivity contribution < 1.29 is 13.9 Å². The molecule has 7 nitrogen and oxygen atoms in total. The molecule has 1 aromatic carbocycles. The minimum Gasteiger partial charge on any atom is -0.442 e. The second-order valence-electron chi connectivity index (χ2n) is 6.68. The molecule has 1 unspecified atom stereocenters. The van der Waals surface area contributed by atoms with E-state index in [1.54, 1.807) is 29.2 Å². The molecule has 0 bridgehead atoms. The molecule has 0 aliphatic carbocycles. The molecule has 27 heavy (non-hydrogen) atoms. The van der Waals surface area contributed by atoms with Crippen LogP contribution in [0, 0.1) is 5.82 Å². The highest BCUT2D eigenvalue weighted by Gasteiger charge is 2.33. The number of anilines is 2. The van der Waals surface area contributed by atoms with E-state index < -0.39 is 6.09 Å². The van der Waals surface area contributed by atoms with Crippen LogP contribution >= 0.6 is 11.8 Å². The second kappa shape index (κ2) is 8.16. The number of rotatable bonds is 4. The number of halogens is 1. The van der Waals surface area contributed by atoms with Crippen LogP contribution in [0.25, 0.3) is 0 Å². The monoisotopic (exact) mass is 391 g/mol. The van der Waals surface area contributed by atoms with Crippen LogP contribution in [0.2, 0.25) is 0 Å². The fourth-order valence-corrected chi connectivity index (χ4v) is 4.33. The van der Waals surface area contributed by atoms with Gasteiger partial charge in [0.05, 0.1) is 30.7 Å². The quantitative estimate of drug-likeness (QED) is 0.799. The summed E-state index contributed by atoms with van der Waals surface area (Å²) in [7, 11) is 0. The highest BCUT2D eigenvalue weighted by molar-refractivity contribution is 7.99. The topological polar surface area (TPSA) is 63.5 Å². The van der Waals surface area contributed by atoms with E-state index in [0.717, 1.165) is 37.4 Å². The molecule has 2 aromatic rings. The van der Waals surface area contributed by atoms with Gasteiger partial charge in [-0.15, -0.1) is 5.10 Å². The van der Waals surface area contributed by atoms with Crippen LogP contribution in [0.5, 0.6) is 0 Å². The van der Waals surface area contributed by atoms with Crippen LogP contribution in [-0.2, 0) is 11.3 Å². The SMILES string of the molecule is O=C1OC(Cn2ccnn2)CN1c1ccc(N2CCCSCCC2)c(F)c1. The van der Waals surface area contributed by atoms with Crippen LogP contribution < -0.4 is 9.80 Å². The van der Waals surface area contributed by atoms with E-state index in [0.29, 0.717) is 24.5 Å². The van der Waals surface area contributed by atoms with Gasteiger partial charge in [-0.1, -0.05) is 5.21 Å². The number of cyclic esters (lactones) is 1. The van der Waals surface area contributed by atoms with E-state index in [9.17, 15) is 9.18 Å². The van der Waals surface area contributed by atoms with Gasteiger partial charge in [0.2, 0.25) is 0 Å². The minimum atomic E-state index is -0.462.